The molecule has 1 aromatic heterocycles. The van der Waals surface area contributed by atoms with Crippen LogP contribution in [-0.4, -0.2) is 30.9 Å². The lowest BCUT2D eigenvalue weighted by Crippen LogP contribution is -2.40. The summed E-state index contributed by atoms with van der Waals surface area (Å²) in [6.45, 7) is 2.06. The fourth-order valence-corrected chi connectivity index (χ4v) is 5.22. The fourth-order valence-electron chi connectivity index (χ4n) is 3.60. The Morgan fingerprint density at radius 1 is 1.12 bits per heavy atom. The van der Waals surface area contributed by atoms with Crippen LogP contribution in [-0.2, 0) is 14.3 Å². The second-order valence-electron chi connectivity index (χ2n) is 7.43. The first-order valence-corrected chi connectivity index (χ1v) is 12.1. The largest absolute Gasteiger partial charge is 0.460 e. The minimum atomic E-state index is -0.730. The predicted octanol–water partition coefficient (Wildman–Crippen LogP) is 4.39. The fraction of sp³-hybridized carbons (Fsp3) is 0.208. The van der Waals surface area contributed by atoms with E-state index < -0.39 is 12.0 Å². The van der Waals surface area contributed by atoms with Crippen LogP contribution < -0.4 is 14.9 Å². The van der Waals surface area contributed by atoms with Crippen LogP contribution >= 0.6 is 46.1 Å². The molecule has 6 nitrogen and oxygen atoms in total. The third kappa shape index (κ3) is 4.99. The van der Waals surface area contributed by atoms with Crippen molar-refractivity contribution < 1.29 is 14.3 Å². The van der Waals surface area contributed by atoms with E-state index in [1.807, 2.05) is 0 Å². The summed E-state index contributed by atoms with van der Waals surface area (Å²) in [7, 11) is 1.52. The molecule has 1 aliphatic heterocycles. The number of ether oxygens (including phenoxy) is 2. The average molecular weight is 538 g/mol. The molecule has 10 heteroatoms. The smallest absolute Gasteiger partial charge is 0.338 e. The highest BCUT2D eigenvalue weighted by Crippen LogP contribution is 2.31. The van der Waals surface area contributed by atoms with Crippen LogP contribution in [0.15, 0.2) is 63.5 Å². The van der Waals surface area contributed by atoms with E-state index >= 15 is 0 Å². The summed E-state index contributed by atoms with van der Waals surface area (Å²) < 4.78 is 12.3. The molecule has 0 aliphatic carbocycles. The molecule has 0 spiro atoms. The monoisotopic (exact) mass is 536 g/mol. The Labute approximate surface area is 214 Å². The number of esters is 1. The van der Waals surface area contributed by atoms with Crippen molar-refractivity contribution in [1.82, 2.24) is 4.57 Å². The Morgan fingerprint density at radius 2 is 1.82 bits per heavy atom. The summed E-state index contributed by atoms with van der Waals surface area (Å²) in [5, 5.41) is 1.46. The molecule has 1 aliphatic rings. The van der Waals surface area contributed by atoms with Gasteiger partial charge in [0, 0.05) is 22.2 Å². The van der Waals surface area contributed by atoms with E-state index in [4.69, 9.17) is 44.3 Å². The molecule has 0 amide bonds. The van der Waals surface area contributed by atoms with Crippen molar-refractivity contribution in [3.8, 4) is 0 Å². The summed E-state index contributed by atoms with van der Waals surface area (Å²) >= 11 is 19.6. The van der Waals surface area contributed by atoms with Gasteiger partial charge in [0.15, 0.2) is 4.80 Å². The maximum atomic E-state index is 13.6. The molecule has 34 heavy (non-hydrogen) atoms. The Balaban J connectivity index is 1.89. The molecule has 0 saturated carbocycles. The number of rotatable bonds is 6. The molecule has 4 rings (SSSR count). The van der Waals surface area contributed by atoms with Gasteiger partial charge in [-0.05, 0) is 48.4 Å². The predicted molar refractivity (Wildman–Crippen MR) is 135 cm³/mol. The maximum absolute atomic E-state index is 13.6. The molecule has 0 N–H and O–H groups in total. The van der Waals surface area contributed by atoms with E-state index in [0.29, 0.717) is 41.2 Å². The number of aromatic nitrogens is 1. The van der Waals surface area contributed by atoms with E-state index in [2.05, 4.69) is 4.99 Å². The lowest BCUT2D eigenvalue weighted by molar-refractivity contribution is -0.140. The Kier molecular flexibility index (Phi) is 7.60. The summed E-state index contributed by atoms with van der Waals surface area (Å²) in [6.07, 6.45) is 1.69. The van der Waals surface area contributed by atoms with Crippen molar-refractivity contribution in [2.24, 2.45) is 4.99 Å². The minimum absolute atomic E-state index is 0.0823. The number of fused-ring (bicyclic) bond motifs is 1. The first-order chi connectivity index (χ1) is 16.3. The molecule has 0 bridgehead atoms. The highest BCUT2D eigenvalue weighted by atomic mass is 35.5. The van der Waals surface area contributed by atoms with Gasteiger partial charge >= 0.3 is 5.97 Å². The van der Waals surface area contributed by atoms with Crippen LogP contribution in [0.2, 0.25) is 15.1 Å². The number of thiazole rings is 1. The number of nitrogens with zero attached hydrogens (tertiary/aromatic N) is 2. The number of hydrogen-bond donors (Lipinski definition) is 0. The highest BCUT2D eigenvalue weighted by molar-refractivity contribution is 7.07. The van der Waals surface area contributed by atoms with Gasteiger partial charge in [-0.2, -0.15) is 0 Å². The van der Waals surface area contributed by atoms with Crippen molar-refractivity contribution >= 4 is 58.2 Å². The van der Waals surface area contributed by atoms with Crippen molar-refractivity contribution in [2.45, 2.75) is 13.0 Å². The van der Waals surface area contributed by atoms with Crippen LogP contribution in [0.4, 0.5) is 0 Å². The van der Waals surface area contributed by atoms with Crippen molar-refractivity contribution in [3.63, 3.8) is 0 Å². The molecular formula is C24H19Cl3N2O4S. The van der Waals surface area contributed by atoms with Gasteiger partial charge < -0.3 is 9.47 Å². The molecule has 0 fully saturated rings. The third-order valence-electron chi connectivity index (χ3n) is 5.20. The molecular weight excluding hydrogens is 519 g/mol. The Morgan fingerprint density at radius 3 is 2.50 bits per heavy atom. The maximum Gasteiger partial charge on any atom is 0.338 e. The minimum Gasteiger partial charge on any atom is -0.460 e. The first kappa shape index (κ1) is 24.7. The lowest BCUT2D eigenvalue weighted by atomic mass is 9.96. The molecule has 0 radical (unpaired) electrons. The zero-order chi connectivity index (χ0) is 24.4. The zero-order valence-electron chi connectivity index (χ0n) is 18.2. The second-order valence-corrected chi connectivity index (χ2v) is 9.72. The van der Waals surface area contributed by atoms with Crippen molar-refractivity contribution in [3.05, 3.63) is 99.6 Å². The number of benzene rings is 2. The number of carbonyl (C=O) groups excluding carboxylic acids is 1. The SMILES string of the molecule is COCCOC(=O)C1=C(C)N=c2sc(=Cc3ccc(Cl)cc3Cl)c(=O)n2C1c1ccc(Cl)cc1. The molecule has 3 aromatic rings. The second kappa shape index (κ2) is 10.5. The normalized spacial score (nSPS) is 15.8. The molecule has 2 heterocycles. The van der Waals surface area contributed by atoms with Crippen LogP contribution in [0.1, 0.15) is 24.1 Å². The van der Waals surface area contributed by atoms with E-state index in [9.17, 15) is 9.59 Å². The first-order valence-electron chi connectivity index (χ1n) is 10.2. The van der Waals surface area contributed by atoms with Crippen LogP contribution in [0.5, 0.6) is 0 Å². The summed E-state index contributed by atoms with van der Waals surface area (Å²) in [4.78, 5) is 31.7. The van der Waals surface area contributed by atoms with Gasteiger partial charge in [-0.3, -0.25) is 9.36 Å². The van der Waals surface area contributed by atoms with Crippen LogP contribution in [0, 0.1) is 0 Å². The topological polar surface area (TPSA) is 69.9 Å². The molecule has 2 aromatic carbocycles. The number of methoxy groups -OCH3 is 1. The Bertz CT molecular complexity index is 1460. The molecule has 176 valence electrons. The highest BCUT2D eigenvalue weighted by Gasteiger charge is 2.33. The van der Waals surface area contributed by atoms with E-state index in [0.717, 1.165) is 0 Å². The summed E-state index contributed by atoms with van der Waals surface area (Å²) in [5.74, 6) is -0.562. The molecule has 1 unspecified atom stereocenters. The van der Waals surface area contributed by atoms with Gasteiger partial charge in [0.2, 0.25) is 0 Å². The van der Waals surface area contributed by atoms with Gasteiger partial charge in [0.25, 0.3) is 5.56 Å². The van der Waals surface area contributed by atoms with Crippen molar-refractivity contribution in [1.29, 1.82) is 0 Å². The molecule has 1 atom stereocenters. The average Bonchev–Trinajstić information content (AvgIpc) is 3.10. The van der Waals surface area contributed by atoms with Gasteiger partial charge in [0.1, 0.15) is 6.61 Å². The number of allylic oxidation sites excluding steroid dienone is 1. The van der Waals surface area contributed by atoms with Crippen LogP contribution in [0.3, 0.4) is 0 Å². The van der Waals surface area contributed by atoms with E-state index in [-0.39, 0.29) is 24.3 Å². The van der Waals surface area contributed by atoms with Crippen LogP contribution in [0.25, 0.3) is 6.08 Å². The third-order valence-corrected chi connectivity index (χ3v) is 6.99. The molecule has 0 saturated heterocycles. The van der Waals surface area contributed by atoms with Gasteiger partial charge in [-0.1, -0.05) is 64.3 Å². The van der Waals surface area contributed by atoms with Gasteiger partial charge in [-0.15, -0.1) is 0 Å². The number of hydrogen-bond acceptors (Lipinski definition) is 6. The Hall–Kier alpha value is -2.42. The summed E-state index contributed by atoms with van der Waals surface area (Å²) in [6, 6.07) is 11.3. The van der Waals surface area contributed by atoms with Gasteiger partial charge in [-0.25, -0.2) is 9.79 Å². The number of halogens is 3. The van der Waals surface area contributed by atoms with E-state index in [1.165, 1.54) is 23.0 Å². The van der Waals surface area contributed by atoms with Crippen molar-refractivity contribution in [2.75, 3.05) is 20.3 Å². The standard InChI is InChI=1S/C24H19Cl3N2O4S/c1-13-20(23(31)33-10-9-32-2)21(14-3-6-16(25)7-4-14)29-22(30)19(34-24(29)28-13)11-15-5-8-17(26)12-18(15)27/h3-8,11-12,21H,9-10H2,1-2H3. The lowest BCUT2D eigenvalue weighted by Gasteiger charge is -2.24. The number of carbonyl (C=O) groups is 1. The quantitative estimate of drug-likeness (QED) is 0.346. The van der Waals surface area contributed by atoms with E-state index in [1.54, 1.807) is 55.5 Å². The zero-order valence-corrected chi connectivity index (χ0v) is 21.3. The summed E-state index contributed by atoms with van der Waals surface area (Å²) in [5.41, 5.74) is 1.80. The van der Waals surface area contributed by atoms with Gasteiger partial charge in [0.05, 0.1) is 28.5 Å².